The van der Waals surface area contributed by atoms with Crippen LogP contribution in [-0.4, -0.2) is 116 Å². The minimum absolute atomic E-state index is 0.0512. The van der Waals surface area contributed by atoms with Crippen LogP contribution < -0.4 is 5.32 Å². The molecule has 3 N–H and O–H groups in total. The van der Waals surface area contributed by atoms with E-state index in [9.17, 15) is 24.6 Å². The van der Waals surface area contributed by atoms with E-state index in [0.717, 1.165) is 0 Å². The maximum absolute atomic E-state index is 13.7. The normalized spacial score (nSPS) is 45.7. The summed E-state index contributed by atoms with van der Waals surface area (Å²) >= 11 is 0. The van der Waals surface area contributed by atoms with Crippen molar-refractivity contribution in [3.8, 4) is 0 Å². The summed E-state index contributed by atoms with van der Waals surface area (Å²) in [7, 11) is 4.89. The number of fused-ring (bicyclic) bond motifs is 2. The molecule has 5 aliphatic carbocycles. The van der Waals surface area contributed by atoms with Gasteiger partial charge in [0.25, 0.3) is 0 Å². The lowest BCUT2D eigenvalue weighted by Gasteiger charge is -2.70. The van der Waals surface area contributed by atoms with E-state index < -0.39 is 64.2 Å². The molecule has 6 aliphatic rings. The van der Waals surface area contributed by atoms with Gasteiger partial charge in [-0.15, -0.1) is 0 Å². The van der Waals surface area contributed by atoms with Gasteiger partial charge >= 0.3 is 11.9 Å². The number of nitrogens with zero attached hydrogens (tertiary/aromatic N) is 1. The second kappa shape index (κ2) is 11.2. The summed E-state index contributed by atoms with van der Waals surface area (Å²) in [6.07, 6.45) is -0.104. The van der Waals surface area contributed by atoms with Crippen molar-refractivity contribution in [2.75, 3.05) is 46.3 Å². The highest BCUT2D eigenvalue weighted by Gasteiger charge is 2.92. The van der Waals surface area contributed by atoms with Gasteiger partial charge in [0.15, 0.2) is 0 Å². The molecule has 1 saturated heterocycles. The van der Waals surface area contributed by atoms with Crippen LogP contribution in [0.4, 0.5) is 5.69 Å². The molecule has 1 aromatic rings. The smallest absolute Gasteiger partial charge is 0.340 e. The zero-order valence-corrected chi connectivity index (χ0v) is 28.1. The van der Waals surface area contributed by atoms with Crippen molar-refractivity contribution in [3.63, 3.8) is 0 Å². The lowest BCUT2D eigenvalue weighted by molar-refractivity contribution is -0.319. The van der Waals surface area contributed by atoms with Crippen LogP contribution >= 0.6 is 0 Å². The van der Waals surface area contributed by atoms with E-state index in [1.54, 1.807) is 45.6 Å². The molecular weight excluding hydrogens is 608 g/mol. The molecule has 0 aromatic heterocycles. The summed E-state index contributed by atoms with van der Waals surface area (Å²) in [4.78, 5) is 40.4. The predicted molar refractivity (Wildman–Crippen MR) is 167 cm³/mol. The minimum Gasteiger partial charge on any atom is -0.462 e. The predicted octanol–water partition coefficient (Wildman–Crippen LogP) is 2.01. The second-order valence-corrected chi connectivity index (χ2v) is 14.9. The standard InChI is InChI=1S/C35H48N2O10/c1-7-37-16-32(17-46-30(40)20-10-8-9-11-23(20)36-18(2)38)13-12-25(44-5)34-22-14-21-24(43-4)15-33(41,26(22)27(21)47-19(3)39)35(42,31(34)37)29(45-6)28(32)34/h8-11,21-22,24-29,31,41-42H,7,12-17H2,1-6H3,(H,36,38)/t21-,22-,24+,25+,26-,27+,28-,29+,31+,32+,33-,34+,35-/m1/s1. The Hall–Kier alpha value is -2.61. The van der Waals surface area contributed by atoms with Gasteiger partial charge in [-0.25, -0.2) is 4.79 Å². The van der Waals surface area contributed by atoms with Crippen LogP contribution in [0.3, 0.4) is 0 Å². The van der Waals surface area contributed by atoms with Crippen molar-refractivity contribution < 1.29 is 48.3 Å². The number of hydrogen-bond acceptors (Lipinski definition) is 11. The zero-order chi connectivity index (χ0) is 33.7. The first kappa shape index (κ1) is 32.9. The number of rotatable bonds is 9. The molecule has 1 aromatic carbocycles. The molecule has 13 atom stereocenters. The molecule has 12 heteroatoms. The maximum Gasteiger partial charge on any atom is 0.340 e. The van der Waals surface area contributed by atoms with E-state index in [0.29, 0.717) is 38.0 Å². The van der Waals surface area contributed by atoms with Gasteiger partial charge in [0.05, 0.1) is 42.2 Å². The number of methoxy groups -OCH3 is 3. The molecule has 47 heavy (non-hydrogen) atoms. The number of esters is 2. The molecule has 0 unspecified atom stereocenters. The Morgan fingerprint density at radius 3 is 2.45 bits per heavy atom. The zero-order valence-electron chi connectivity index (χ0n) is 28.1. The molecule has 12 nitrogen and oxygen atoms in total. The van der Waals surface area contributed by atoms with Gasteiger partial charge in [0, 0.05) is 76.7 Å². The van der Waals surface area contributed by atoms with E-state index in [2.05, 4.69) is 10.2 Å². The third kappa shape index (κ3) is 4.06. The van der Waals surface area contributed by atoms with Gasteiger partial charge in [0.1, 0.15) is 17.3 Å². The van der Waals surface area contributed by atoms with Crippen molar-refractivity contribution in [2.45, 2.75) is 88.1 Å². The van der Waals surface area contributed by atoms with E-state index in [-0.39, 0.29) is 48.4 Å². The Morgan fingerprint density at radius 2 is 1.81 bits per heavy atom. The largest absolute Gasteiger partial charge is 0.462 e. The summed E-state index contributed by atoms with van der Waals surface area (Å²) < 4.78 is 31.0. The first-order chi connectivity index (χ1) is 22.4. The SMILES string of the molecule is CCN1C[C@]2(COC(=O)c3ccccc3NC(C)=O)CC[C@H](OC)[C@@]34[C@@H]5C[C@H]6[C@H](OC(C)=O)[C@@H]5[C@](O)(C[C@@H]6OC)[C@@](O)([C@@H](OC)[C@H]23)[C@@H]14. The number of anilines is 1. The molecule has 1 amide bonds. The van der Waals surface area contributed by atoms with Gasteiger partial charge in [0.2, 0.25) is 5.91 Å². The summed E-state index contributed by atoms with van der Waals surface area (Å²) in [6, 6.07) is 6.24. The topological polar surface area (TPSA) is 153 Å². The average molecular weight is 657 g/mol. The second-order valence-electron chi connectivity index (χ2n) is 14.9. The van der Waals surface area contributed by atoms with Crippen molar-refractivity contribution >= 4 is 23.5 Å². The van der Waals surface area contributed by atoms with Gasteiger partial charge in [-0.3, -0.25) is 14.5 Å². The number of carbonyl (C=O) groups is 3. The number of para-hydroxylation sites is 1. The summed E-state index contributed by atoms with van der Waals surface area (Å²) in [5.41, 5.74) is -4.23. The fourth-order valence-electron chi connectivity index (χ4n) is 12.3. The van der Waals surface area contributed by atoms with Crippen molar-refractivity contribution in [1.29, 1.82) is 0 Å². The molecule has 7 rings (SSSR count). The fourth-order valence-corrected chi connectivity index (χ4v) is 12.3. The number of ether oxygens (including phenoxy) is 5. The van der Waals surface area contributed by atoms with Crippen molar-refractivity contribution in [3.05, 3.63) is 29.8 Å². The first-order valence-corrected chi connectivity index (χ1v) is 16.9. The molecule has 7 bridgehead atoms. The molecular formula is C35H48N2O10. The number of piperidine rings is 1. The third-order valence-corrected chi connectivity index (χ3v) is 13.3. The van der Waals surface area contributed by atoms with Crippen LogP contribution in [0.2, 0.25) is 0 Å². The van der Waals surface area contributed by atoms with Gasteiger partial charge < -0.3 is 39.2 Å². The van der Waals surface area contributed by atoms with Crippen LogP contribution in [0.1, 0.15) is 56.8 Å². The van der Waals surface area contributed by atoms with Crippen LogP contribution in [-0.2, 0) is 33.3 Å². The Morgan fingerprint density at radius 1 is 1.06 bits per heavy atom. The lowest BCUT2D eigenvalue weighted by atomic mass is 9.42. The molecule has 0 radical (unpaired) electrons. The van der Waals surface area contributed by atoms with Gasteiger partial charge in [-0.05, 0) is 43.9 Å². The Kier molecular flexibility index (Phi) is 7.85. The van der Waals surface area contributed by atoms with Gasteiger partial charge in [-0.1, -0.05) is 19.1 Å². The monoisotopic (exact) mass is 656 g/mol. The van der Waals surface area contributed by atoms with Crippen LogP contribution in [0.25, 0.3) is 0 Å². The Bertz CT molecular complexity index is 1460. The van der Waals surface area contributed by atoms with Gasteiger partial charge in [-0.2, -0.15) is 0 Å². The van der Waals surface area contributed by atoms with Crippen LogP contribution in [0.5, 0.6) is 0 Å². The maximum atomic E-state index is 13.7. The number of hydrogen-bond donors (Lipinski definition) is 3. The molecule has 258 valence electrons. The number of likely N-dealkylation sites (tertiary alicyclic amines) is 1. The number of carbonyl (C=O) groups excluding carboxylic acids is 3. The number of nitrogens with one attached hydrogen (secondary N) is 1. The number of aliphatic hydroxyl groups is 2. The highest BCUT2D eigenvalue weighted by atomic mass is 16.6. The summed E-state index contributed by atoms with van der Waals surface area (Å²) in [5.74, 6) is -2.57. The lowest BCUT2D eigenvalue weighted by Crippen LogP contribution is -2.82. The third-order valence-electron chi connectivity index (χ3n) is 13.3. The number of amides is 1. The van der Waals surface area contributed by atoms with E-state index >= 15 is 0 Å². The summed E-state index contributed by atoms with van der Waals surface area (Å²) in [6.45, 7) is 5.97. The van der Waals surface area contributed by atoms with E-state index in [1.165, 1.54) is 13.8 Å². The van der Waals surface area contributed by atoms with E-state index in [1.807, 2.05) is 6.92 Å². The number of likely N-dealkylation sites (N-methyl/N-ethyl adjacent to an activating group) is 1. The average Bonchev–Trinajstić information content (AvgIpc) is 3.42. The molecule has 5 saturated carbocycles. The Labute approximate surface area is 275 Å². The van der Waals surface area contributed by atoms with Crippen LogP contribution in [0.15, 0.2) is 24.3 Å². The molecule has 6 fully saturated rings. The fraction of sp³-hybridized carbons (Fsp3) is 0.743. The van der Waals surface area contributed by atoms with Crippen molar-refractivity contribution in [2.24, 2.45) is 34.5 Å². The van der Waals surface area contributed by atoms with E-state index in [4.69, 9.17) is 23.7 Å². The molecule has 1 aliphatic heterocycles. The van der Waals surface area contributed by atoms with Crippen LogP contribution in [0, 0.1) is 34.5 Å². The van der Waals surface area contributed by atoms with Crippen molar-refractivity contribution in [1.82, 2.24) is 4.90 Å². The molecule has 1 spiro atoms. The number of benzene rings is 1. The Balaban J connectivity index is 1.37. The minimum atomic E-state index is -1.78. The highest BCUT2D eigenvalue weighted by molar-refractivity contribution is 6.00. The quantitative estimate of drug-likeness (QED) is 0.335. The first-order valence-electron chi connectivity index (χ1n) is 16.9. The highest BCUT2D eigenvalue weighted by Crippen LogP contribution is 2.80. The summed E-state index contributed by atoms with van der Waals surface area (Å²) in [5, 5.41) is 29.3. The molecule has 1 heterocycles.